The van der Waals surface area contributed by atoms with Crippen LogP contribution < -0.4 is 5.73 Å². The minimum absolute atomic E-state index is 0.150. The molecule has 0 saturated heterocycles. The maximum Gasteiger partial charge on any atom is 0.165 e. The molecule has 2 rings (SSSR count). The van der Waals surface area contributed by atoms with Crippen LogP contribution in [0.3, 0.4) is 0 Å². The largest absolute Gasteiger partial charge is 0.505 e. The van der Waals surface area contributed by atoms with Crippen molar-refractivity contribution in [2.45, 2.75) is 25.3 Å². The lowest BCUT2D eigenvalue weighted by Crippen LogP contribution is -2.27. The molecular formula is C10H12FNO. The van der Waals surface area contributed by atoms with Crippen molar-refractivity contribution in [1.29, 1.82) is 0 Å². The quantitative estimate of drug-likeness (QED) is 0.634. The molecule has 1 aromatic rings. The zero-order chi connectivity index (χ0) is 9.42. The lowest BCUT2D eigenvalue weighted by Gasteiger charge is -2.22. The van der Waals surface area contributed by atoms with Gasteiger partial charge >= 0.3 is 0 Å². The van der Waals surface area contributed by atoms with E-state index in [1.807, 2.05) is 0 Å². The van der Waals surface area contributed by atoms with Gasteiger partial charge in [0.1, 0.15) is 0 Å². The van der Waals surface area contributed by atoms with Gasteiger partial charge in [-0.05, 0) is 30.9 Å². The third-order valence-electron chi connectivity index (χ3n) is 2.58. The normalized spacial score (nSPS) is 21.2. The Morgan fingerprint density at radius 2 is 2.23 bits per heavy atom. The molecule has 0 unspecified atom stereocenters. The Morgan fingerprint density at radius 3 is 3.00 bits per heavy atom. The van der Waals surface area contributed by atoms with Gasteiger partial charge in [-0.25, -0.2) is 4.39 Å². The van der Waals surface area contributed by atoms with Gasteiger partial charge in [0.2, 0.25) is 0 Å². The molecule has 0 spiro atoms. The zero-order valence-corrected chi connectivity index (χ0v) is 7.26. The highest BCUT2D eigenvalue weighted by atomic mass is 19.1. The highest BCUT2D eigenvalue weighted by molar-refractivity contribution is 5.42. The first kappa shape index (κ1) is 8.51. The number of hydrogen-bond donors (Lipinski definition) is 2. The van der Waals surface area contributed by atoms with Crippen LogP contribution in [0.2, 0.25) is 0 Å². The Hall–Kier alpha value is -1.09. The summed E-state index contributed by atoms with van der Waals surface area (Å²) >= 11 is 0. The van der Waals surface area contributed by atoms with Gasteiger partial charge in [-0.15, -0.1) is 0 Å². The number of fused-ring (bicyclic) bond motifs is 1. The summed E-state index contributed by atoms with van der Waals surface area (Å²) in [5.41, 5.74) is 7.48. The Labute approximate surface area is 76.2 Å². The average Bonchev–Trinajstić information content (AvgIpc) is 2.12. The van der Waals surface area contributed by atoms with Crippen molar-refractivity contribution >= 4 is 0 Å². The number of phenolic OH excluding ortho intramolecular Hbond substituents is 1. The van der Waals surface area contributed by atoms with Crippen LogP contribution in [0, 0.1) is 5.82 Å². The van der Waals surface area contributed by atoms with E-state index in [0.717, 1.165) is 24.0 Å². The van der Waals surface area contributed by atoms with E-state index in [1.165, 1.54) is 6.07 Å². The number of hydrogen-bond acceptors (Lipinski definition) is 2. The third kappa shape index (κ3) is 1.40. The average molecular weight is 181 g/mol. The SMILES string of the molecule is N[C@@H]1CCc2c(ccc(F)c2O)C1. The summed E-state index contributed by atoms with van der Waals surface area (Å²) in [6, 6.07) is 3.16. The number of rotatable bonds is 0. The predicted octanol–water partition coefficient (Wildman–Crippen LogP) is 1.35. The summed E-state index contributed by atoms with van der Waals surface area (Å²) in [6.45, 7) is 0. The molecular weight excluding hydrogens is 169 g/mol. The summed E-state index contributed by atoms with van der Waals surface area (Å²) in [7, 11) is 0. The van der Waals surface area contributed by atoms with E-state index in [-0.39, 0.29) is 11.8 Å². The molecule has 0 saturated carbocycles. The van der Waals surface area contributed by atoms with E-state index < -0.39 is 5.82 Å². The number of aromatic hydroxyl groups is 1. The van der Waals surface area contributed by atoms with E-state index >= 15 is 0 Å². The van der Waals surface area contributed by atoms with Crippen LogP contribution in [0.4, 0.5) is 4.39 Å². The molecule has 1 aromatic carbocycles. The zero-order valence-electron chi connectivity index (χ0n) is 7.26. The topological polar surface area (TPSA) is 46.2 Å². The molecule has 70 valence electrons. The van der Waals surface area contributed by atoms with Gasteiger partial charge in [0.15, 0.2) is 11.6 Å². The smallest absolute Gasteiger partial charge is 0.165 e. The maximum atomic E-state index is 12.9. The molecule has 1 aliphatic rings. The van der Waals surface area contributed by atoms with E-state index in [2.05, 4.69) is 0 Å². The first-order valence-electron chi connectivity index (χ1n) is 4.43. The van der Waals surface area contributed by atoms with E-state index in [0.29, 0.717) is 6.42 Å². The van der Waals surface area contributed by atoms with Gasteiger partial charge in [0.25, 0.3) is 0 Å². The Kier molecular flexibility index (Phi) is 1.96. The molecule has 2 nitrogen and oxygen atoms in total. The first-order valence-corrected chi connectivity index (χ1v) is 4.43. The lowest BCUT2D eigenvalue weighted by atomic mass is 9.88. The molecule has 3 heteroatoms. The van der Waals surface area contributed by atoms with Crippen molar-refractivity contribution in [3.63, 3.8) is 0 Å². The minimum Gasteiger partial charge on any atom is -0.505 e. The van der Waals surface area contributed by atoms with Crippen molar-refractivity contribution in [3.05, 3.63) is 29.1 Å². The third-order valence-corrected chi connectivity index (χ3v) is 2.58. The fourth-order valence-electron chi connectivity index (χ4n) is 1.83. The number of phenols is 1. The van der Waals surface area contributed by atoms with E-state index in [4.69, 9.17) is 5.73 Å². The van der Waals surface area contributed by atoms with Crippen molar-refractivity contribution in [2.24, 2.45) is 5.73 Å². The number of halogens is 1. The van der Waals surface area contributed by atoms with E-state index in [9.17, 15) is 9.50 Å². The first-order chi connectivity index (χ1) is 6.18. The van der Waals surface area contributed by atoms with Crippen LogP contribution in [0.5, 0.6) is 5.75 Å². The van der Waals surface area contributed by atoms with Gasteiger partial charge in [0, 0.05) is 11.6 Å². The molecule has 0 aromatic heterocycles. The molecule has 0 heterocycles. The Morgan fingerprint density at radius 1 is 1.46 bits per heavy atom. The van der Waals surface area contributed by atoms with Crippen LogP contribution in [-0.4, -0.2) is 11.1 Å². The highest BCUT2D eigenvalue weighted by Gasteiger charge is 2.19. The van der Waals surface area contributed by atoms with E-state index in [1.54, 1.807) is 6.07 Å². The molecule has 1 aliphatic carbocycles. The van der Waals surface area contributed by atoms with Gasteiger partial charge < -0.3 is 10.8 Å². The Balaban J connectivity index is 2.47. The van der Waals surface area contributed by atoms with Gasteiger partial charge in [-0.2, -0.15) is 0 Å². The minimum atomic E-state index is -0.533. The van der Waals surface area contributed by atoms with Gasteiger partial charge in [-0.1, -0.05) is 6.07 Å². The van der Waals surface area contributed by atoms with Crippen LogP contribution >= 0.6 is 0 Å². The standard InChI is InChI=1S/C10H12FNO/c11-9-4-1-6-5-7(12)2-3-8(6)10(9)13/h1,4,7,13H,2-3,5,12H2/t7-/m1/s1. The van der Waals surface area contributed by atoms with Crippen molar-refractivity contribution in [2.75, 3.05) is 0 Å². The second-order valence-electron chi connectivity index (χ2n) is 3.54. The van der Waals surface area contributed by atoms with Crippen LogP contribution in [0.1, 0.15) is 17.5 Å². The summed E-state index contributed by atoms with van der Waals surface area (Å²) < 4.78 is 12.9. The molecule has 0 aliphatic heterocycles. The number of benzene rings is 1. The lowest BCUT2D eigenvalue weighted by molar-refractivity contribution is 0.417. The summed E-state index contributed by atoms with van der Waals surface area (Å²) in [6.07, 6.45) is 2.24. The second-order valence-corrected chi connectivity index (χ2v) is 3.54. The van der Waals surface area contributed by atoms with Crippen LogP contribution in [0.15, 0.2) is 12.1 Å². The highest BCUT2D eigenvalue weighted by Crippen LogP contribution is 2.30. The molecule has 3 N–H and O–H groups in total. The van der Waals surface area contributed by atoms with Crippen molar-refractivity contribution < 1.29 is 9.50 Å². The second kappa shape index (κ2) is 3.00. The summed E-state index contributed by atoms with van der Waals surface area (Å²) in [4.78, 5) is 0. The molecule has 0 fully saturated rings. The maximum absolute atomic E-state index is 12.9. The summed E-state index contributed by atoms with van der Waals surface area (Å²) in [5.74, 6) is -0.723. The monoisotopic (exact) mass is 181 g/mol. The van der Waals surface area contributed by atoms with Crippen molar-refractivity contribution in [3.8, 4) is 5.75 Å². The molecule has 0 radical (unpaired) electrons. The predicted molar refractivity (Wildman–Crippen MR) is 48.1 cm³/mol. The molecule has 13 heavy (non-hydrogen) atoms. The van der Waals surface area contributed by atoms with Gasteiger partial charge in [-0.3, -0.25) is 0 Å². The molecule has 1 atom stereocenters. The van der Waals surface area contributed by atoms with Crippen molar-refractivity contribution in [1.82, 2.24) is 0 Å². The van der Waals surface area contributed by atoms with Crippen LogP contribution in [0.25, 0.3) is 0 Å². The Bertz CT molecular complexity index is 338. The fourth-order valence-corrected chi connectivity index (χ4v) is 1.83. The molecule has 0 bridgehead atoms. The fraction of sp³-hybridized carbons (Fsp3) is 0.400. The molecule has 0 amide bonds. The summed E-state index contributed by atoms with van der Waals surface area (Å²) in [5, 5.41) is 9.41. The van der Waals surface area contributed by atoms with Crippen LogP contribution in [-0.2, 0) is 12.8 Å². The number of nitrogens with two attached hydrogens (primary N) is 1. The van der Waals surface area contributed by atoms with Gasteiger partial charge in [0.05, 0.1) is 0 Å².